The lowest BCUT2D eigenvalue weighted by Crippen LogP contribution is -2.48. The topological polar surface area (TPSA) is 128 Å². The van der Waals surface area contributed by atoms with Crippen molar-refractivity contribution in [2.45, 2.75) is 14.5 Å². The smallest absolute Gasteiger partial charge is 0.339 e. The number of ether oxygens (including phenoxy) is 1. The zero-order valence-corrected chi connectivity index (χ0v) is 16.9. The fourth-order valence-corrected chi connectivity index (χ4v) is 6.97. The van der Waals surface area contributed by atoms with Gasteiger partial charge in [0, 0.05) is 0 Å². The Morgan fingerprint density at radius 1 is 1.18 bits per heavy atom. The summed E-state index contributed by atoms with van der Waals surface area (Å²) in [4.78, 5) is 23.5. The number of thioether (sulfide) groups is 1. The molecule has 1 fully saturated rings. The third kappa shape index (κ3) is 3.27. The van der Waals surface area contributed by atoms with Crippen molar-refractivity contribution in [2.24, 2.45) is 5.73 Å². The Hall–Kier alpha value is -2.11. The molecule has 148 valence electrons. The fourth-order valence-electron chi connectivity index (χ4n) is 2.79. The number of carbonyl (C=O) groups excluding carboxylic acids is 2. The van der Waals surface area contributed by atoms with Crippen molar-refractivity contribution in [1.29, 1.82) is 0 Å². The monoisotopic (exact) mass is 441 g/mol. The van der Waals surface area contributed by atoms with Crippen molar-refractivity contribution >= 4 is 45.1 Å². The van der Waals surface area contributed by atoms with Crippen molar-refractivity contribution in [1.82, 2.24) is 10.9 Å². The number of nitrogens with one attached hydrogen (secondary N) is 2. The summed E-state index contributed by atoms with van der Waals surface area (Å²) in [5, 5.41) is -1.18. The van der Waals surface area contributed by atoms with Crippen LogP contribution in [-0.4, -0.2) is 32.8 Å². The van der Waals surface area contributed by atoms with Crippen molar-refractivity contribution in [3.8, 4) is 0 Å². The van der Waals surface area contributed by atoms with E-state index in [0.717, 1.165) is 18.9 Å². The second-order valence-electron chi connectivity index (χ2n) is 5.76. The number of methoxy groups -OCH3 is 1. The Balaban J connectivity index is 2.28. The average molecular weight is 442 g/mol. The van der Waals surface area contributed by atoms with Crippen LogP contribution in [0, 0.1) is 0 Å². The number of amides is 1. The number of rotatable bonds is 5. The molecule has 1 aliphatic heterocycles. The number of sulfone groups is 1. The predicted molar refractivity (Wildman–Crippen MR) is 105 cm³/mol. The van der Waals surface area contributed by atoms with E-state index in [1.54, 1.807) is 30.3 Å². The quantitative estimate of drug-likeness (QED) is 0.593. The maximum absolute atomic E-state index is 13.8. The van der Waals surface area contributed by atoms with Crippen LogP contribution in [0.4, 0.5) is 0 Å². The van der Waals surface area contributed by atoms with E-state index in [1.807, 2.05) is 0 Å². The standard InChI is InChI=1S/C17H16ClN3O5S2/c1-26-16(23)11-8-5-9-12(18)13(11)28(24,25)17(10-6-3-2-4-7-10)21-20-15(27-17)14(19)22/h2-9,15,20-21H,1H3,(H2,19,22). The van der Waals surface area contributed by atoms with Gasteiger partial charge < -0.3 is 10.5 Å². The van der Waals surface area contributed by atoms with Crippen LogP contribution >= 0.6 is 23.4 Å². The summed E-state index contributed by atoms with van der Waals surface area (Å²) in [6.45, 7) is 0. The molecule has 8 nitrogen and oxygen atoms in total. The summed E-state index contributed by atoms with van der Waals surface area (Å²) in [5.74, 6) is -1.61. The van der Waals surface area contributed by atoms with Gasteiger partial charge in [-0.1, -0.05) is 59.8 Å². The van der Waals surface area contributed by atoms with E-state index in [2.05, 4.69) is 10.9 Å². The minimum Gasteiger partial charge on any atom is -0.465 e. The second-order valence-corrected chi connectivity index (χ2v) is 9.78. The molecular formula is C17H16ClN3O5S2. The van der Waals surface area contributed by atoms with Gasteiger partial charge in [-0.2, -0.15) is 0 Å². The zero-order valence-electron chi connectivity index (χ0n) is 14.5. The molecule has 28 heavy (non-hydrogen) atoms. The van der Waals surface area contributed by atoms with E-state index in [1.165, 1.54) is 18.2 Å². The predicted octanol–water partition coefficient (Wildman–Crippen LogP) is 1.36. The Morgan fingerprint density at radius 2 is 1.86 bits per heavy atom. The average Bonchev–Trinajstić information content (AvgIpc) is 3.15. The van der Waals surface area contributed by atoms with Gasteiger partial charge in [0.1, 0.15) is 10.3 Å². The first-order chi connectivity index (χ1) is 13.2. The van der Waals surface area contributed by atoms with E-state index < -0.39 is 36.2 Å². The maximum Gasteiger partial charge on any atom is 0.339 e. The summed E-state index contributed by atoms with van der Waals surface area (Å²) in [6.07, 6.45) is 0. The van der Waals surface area contributed by atoms with Crippen LogP contribution < -0.4 is 16.6 Å². The first-order valence-corrected chi connectivity index (χ1v) is 10.7. The Morgan fingerprint density at radius 3 is 2.43 bits per heavy atom. The lowest BCUT2D eigenvalue weighted by Gasteiger charge is -2.29. The summed E-state index contributed by atoms with van der Waals surface area (Å²) in [7, 11) is -3.25. The molecule has 0 aromatic heterocycles. The lowest BCUT2D eigenvalue weighted by atomic mass is 10.2. The second kappa shape index (κ2) is 7.72. The highest BCUT2D eigenvalue weighted by atomic mass is 35.5. The Bertz CT molecular complexity index is 1030. The minimum absolute atomic E-state index is 0.150. The van der Waals surface area contributed by atoms with Crippen LogP contribution in [0.3, 0.4) is 0 Å². The van der Waals surface area contributed by atoms with Crippen molar-refractivity contribution in [3.63, 3.8) is 0 Å². The van der Waals surface area contributed by atoms with E-state index in [0.29, 0.717) is 5.56 Å². The highest BCUT2D eigenvalue weighted by Gasteiger charge is 2.55. The fraction of sp³-hybridized carbons (Fsp3) is 0.176. The van der Waals surface area contributed by atoms with Gasteiger partial charge in [0.05, 0.1) is 17.7 Å². The molecule has 1 heterocycles. The first kappa shape index (κ1) is 20.6. The molecule has 0 aliphatic carbocycles. The number of hydrogen-bond donors (Lipinski definition) is 3. The van der Waals surface area contributed by atoms with Crippen LogP contribution in [0.25, 0.3) is 0 Å². The molecule has 1 amide bonds. The number of nitrogens with two attached hydrogens (primary N) is 1. The SMILES string of the molecule is COC(=O)c1cccc(Cl)c1S(=O)(=O)C1(c2ccccc2)NNC(C(N)=O)S1. The number of carbonyl (C=O) groups is 2. The van der Waals surface area contributed by atoms with Gasteiger partial charge in [0.2, 0.25) is 19.9 Å². The molecule has 2 unspecified atom stereocenters. The Kier molecular flexibility index (Phi) is 5.69. The molecule has 0 saturated carbocycles. The van der Waals surface area contributed by atoms with Crippen LogP contribution in [-0.2, 0) is 23.6 Å². The van der Waals surface area contributed by atoms with Gasteiger partial charge in [-0.05, 0) is 17.7 Å². The molecule has 3 rings (SSSR count). The van der Waals surface area contributed by atoms with Gasteiger partial charge in [0.15, 0.2) is 0 Å². The molecule has 2 aromatic carbocycles. The molecule has 4 N–H and O–H groups in total. The Labute approximate surface area is 170 Å². The molecule has 1 saturated heterocycles. The van der Waals surface area contributed by atoms with Crippen LogP contribution in [0.2, 0.25) is 5.02 Å². The lowest BCUT2D eigenvalue weighted by molar-refractivity contribution is -0.118. The molecule has 0 radical (unpaired) electrons. The first-order valence-electron chi connectivity index (χ1n) is 7.91. The summed E-state index contributed by atoms with van der Waals surface area (Å²) >= 11 is 6.97. The van der Waals surface area contributed by atoms with Crippen LogP contribution in [0.1, 0.15) is 15.9 Å². The number of primary amides is 1. The number of esters is 1. The number of hydrogen-bond acceptors (Lipinski definition) is 8. The van der Waals surface area contributed by atoms with Gasteiger partial charge in [-0.25, -0.2) is 24.1 Å². The highest BCUT2D eigenvalue weighted by Crippen LogP contribution is 2.48. The van der Waals surface area contributed by atoms with Crippen LogP contribution in [0.15, 0.2) is 53.4 Å². The van der Waals surface area contributed by atoms with E-state index in [9.17, 15) is 18.0 Å². The largest absolute Gasteiger partial charge is 0.465 e. The highest BCUT2D eigenvalue weighted by molar-refractivity contribution is 8.14. The number of halogens is 1. The van der Waals surface area contributed by atoms with E-state index >= 15 is 0 Å². The third-order valence-corrected chi connectivity index (χ3v) is 8.78. The number of benzene rings is 2. The summed E-state index contributed by atoms with van der Waals surface area (Å²) in [6, 6.07) is 12.3. The minimum atomic E-state index is -4.39. The molecular weight excluding hydrogens is 426 g/mol. The van der Waals surface area contributed by atoms with Crippen molar-refractivity contribution in [2.75, 3.05) is 7.11 Å². The van der Waals surface area contributed by atoms with Crippen molar-refractivity contribution < 1.29 is 22.7 Å². The molecule has 11 heteroatoms. The van der Waals surface area contributed by atoms with Gasteiger partial charge >= 0.3 is 5.97 Å². The van der Waals surface area contributed by atoms with Gasteiger partial charge in [-0.15, -0.1) is 0 Å². The normalized spacial score (nSPS) is 22.0. The maximum atomic E-state index is 13.8. The molecule has 2 aromatic rings. The van der Waals surface area contributed by atoms with Gasteiger partial charge in [0.25, 0.3) is 0 Å². The molecule has 0 bridgehead atoms. The molecule has 0 spiro atoms. The third-order valence-electron chi connectivity index (χ3n) is 4.08. The molecule has 1 aliphatic rings. The number of hydrazine groups is 1. The zero-order chi connectivity index (χ0) is 20.5. The van der Waals surface area contributed by atoms with Crippen LogP contribution in [0.5, 0.6) is 0 Å². The summed E-state index contributed by atoms with van der Waals surface area (Å²) in [5.41, 5.74) is 10.7. The van der Waals surface area contributed by atoms with Gasteiger partial charge in [-0.3, -0.25) is 4.79 Å². The molecule has 2 atom stereocenters. The van der Waals surface area contributed by atoms with E-state index in [-0.39, 0.29) is 10.6 Å². The van der Waals surface area contributed by atoms with E-state index in [4.69, 9.17) is 22.1 Å². The summed E-state index contributed by atoms with van der Waals surface area (Å²) < 4.78 is 30.5. The van der Waals surface area contributed by atoms with Crippen molar-refractivity contribution in [3.05, 3.63) is 64.7 Å².